The van der Waals surface area contributed by atoms with Gasteiger partial charge in [0.1, 0.15) is 8.99 Å². The maximum Gasteiger partial charge on any atom is 0.245 e. The van der Waals surface area contributed by atoms with Crippen LogP contribution in [0.1, 0.15) is 64.2 Å². The Bertz CT molecular complexity index is 542. The smallest absolute Gasteiger partial charge is 0.245 e. The molecule has 8 heteroatoms. The van der Waals surface area contributed by atoms with E-state index in [2.05, 4.69) is 39.3 Å². The zero-order valence-corrected chi connectivity index (χ0v) is 22.2. The maximum atomic E-state index is 13.6. The molecule has 0 saturated heterocycles. The van der Waals surface area contributed by atoms with Crippen molar-refractivity contribution in [1.29, 1.82) is 0 Å². The van der Waals surface area contributed by atoms with E-state index >= 15 is 0 Å². The first-order valence-corrected chi connectivity index (χ1v) is 18.8. The van der Waals surface area contributed by atoms with Crippen LogP contribution in [0.4, 0.5) is 0 Å². The van der Waals surface area contributed by atoms with E-state index in [-0.39, 0.29) is 0 Å². The molecule has 2 saturated carbocycles. The number of alkyl halides is 2. The van der Waals surface area contributed by atoms with Gasteiger partial charge in [0.15, 0.2) is 0 Å². The fourth-order valence-corrected chi connectivity index (χ4v) is 10.2. The van der Waals surface area contributed by atoms with Crippen LogP contribution in [0.2, 0.25) is 39.3 Å². The summed E-state index contributed by atoms with van der Waals surface area (Å²) in [6, 6.07) is -0.904. The van der Waals surface area contributed by atoms with Gasteiger partial charge in [0.2, 0.25) is 12.1 Å². The Kier molecular flexibility index (Phi) is 7.66. The van der Waals surface area contributed by atoms with E-state index in [9.17, 15) is 10.4 Å². The van der Waals surface area contributed by atoms with E-state index in [0.717, 1.165) is 61.1 Å². The zero-order chi connectivity index (χ0) is 21.4. The minimum absolute atomic E-state index is 0.452. The number of hydrogen-bond donors (Lipinski definition) is 0. The van der Waals surface area contributed by atoms with E-state index in [4.69, 9.17) is 23.2 Å². The topological polar surface area (TPSA) is 52.1 Å². The predicted molar refractivity (Wildman–Crippen MR) is 125 cm³/mol. The largest absolute Gasteiger partial charge is 0.567 e. The summed E-state index contributed by atoms with van der Waals surface area (Å²) in [6.07, 6.45) is 9.21. The molecule has 4 atom stereocenters. The molecule has 0 aromatic heterocycles. The third kappa shape index (κ3) is 4.60. The Morgan fingerprint density at radius 3 is 1.25 bits per heavy atom. The van der Waals surface area contributed by atoms with Gasteiger partial charge >= 0.3 is 0 Å². The SMILES string of the molecule is C[Si](C)(C)[C@@]1(Cl)CCCCC[C@@H]1/[N+]([O-])=[N+](\[O-])[C@H]1CCCCC[C@]1(Cl)[Si](C)(C)C. The Balaban J connectivity index is 2.53. The van der Waals surface area contributed by atoms with Gasteiger partial charge in [-0.3, -0.25) is 0 Å². The summed E-state index contributed by atoms with van der Waals surface area (Å²) in [5.74, 6) is 0. The first-order chi connectivity index (χ1) is 12.8. The summed E-state index contributed by atoms with van der Waals surface area (Å²) in [5.41, 5.74) is 0. The Morgan fingerprint density at radius 2 is 0.964 bits per heavy atom. The van der Waals surface area contributed by atoms with Crippen LogP contribution >= 0.6 is 23.2 Å². The first kappa shape index (κ1) is 24.5. The second kappa shape index (κ2) is 8.76. The molecule has 0 radical (unpaired) electrons. The predicted octanol–water partition coefficient (Wildman–Crippen LogP) is 6.83. The molecule has 2 aliphatic carbocycles. The fraction of sp³-hybridized carbons (Fsp3) is 1.00. The van der Waals surface area contributed by atoms with Crippen LogP contribution in [0.3, 0.4) is 0 Å². The van der Waals surface area contributed by atoms with Crippen molar-refractivity contribution in [2.75, 3.05) is 0 Å². The Morgan fingerprint density at radius 1 is 0.643 bits per heavy atom. The van der Waals surface area contributed by atoms with Crippen LogP contribution in [0, 0.1) is 10.4 Å². The third-order valence-corrected chi connectivity index (χ3v) is 17.8. The average molecular weight is 468 g/mol. The Hall–Kier alpha value is 0.214. The van der Waals surface area contributed by atoms with Crippen molar-refractivity contribution < 1.29 is 9.72 Å². The summed E-state index contributed by atoms with van der Waals surface area (Å²) in [5, 5.41) is 27.1. The van der Waals surface area contributed by atoms with Crippen molar-refractivity contribution in [3.8, 4) is 0 Å². The lowest BCUT2D eigenvalue weighted by Gasteiger charge is -2.41. The van der Waals surface area contributed by atoms with Gasteiger partial charge in [-0.05, 0) is 25.7 Å². The highest BCUT2D eigenvalue weighted by molar-refractivity contribution is 6.86. The second-order valence-corrected chi connectivity index (χ2v) is 23.8. The van der Waals surface area contributed by atoms with E-state index in [1.807, 2.05) is 0 Å². The van der Waals surface area contributed by atoms with Crippen molar-refractivity contribution in [1.82, 2.24) is 0 Å². The molecule has 4 nitrogen and oxygen atoms in total. The monoisotopic (exact) mass is 466 g/mol. The molecule has 0 bridgehead atoms. The van der Waals surface area contributed by atoms with Crippen molar-refractivity contribution in [3.63, 3.8) is 0 Å². The van der Waals surface area contributed by atoms with Gasteiger partial charge in [0.25, 0.3) is 0 Å². The summed E-state index contributed by atoms with van der Waals surface area (Å²) in [4.78, 5) is 1.48. The highest BCUT2D eigenvalue weighted by Crippen LogP contribution is 2.44. The van der Waals surface area contributed by atoms with Crippen molar-refractivity contribution in [2.24, 2.45) is 0 Å². The quantitative estimate of drug-likeness (QED) is 0.114. The summed E-state index contributed by atoms with van der Waals surface area (Å²) >= 11 is 14.4. The standard InChI is InChI=1S/C20H40Cl2N2O2Si2/c1-27(2,3)19(21)15-11-7-9-13-17(19)23(25)24(26)18-14-10-8-12-16-20(18,22)28(4,5)6/h17-18H,7-16H2,1-6H3/b24-23+/t17-,18-,19-,20-/m0/s1. The lowest BCUT2D eigenvalue weighted by molar-refractivity contribution is -0.998. The van der Waals surface area contributed by atoms with Crippen LogP contribution in [0.5, 0.6) is 0 Å². The number of hydrogen-bond acceptors (Lipinski definition) is 2. The lowest BCUT2D eigenvalue weighted by atomic mass is 10.1. The molecule has 164 valence electrons. The molecular weight excluding hydrogens is 427 g/mol. The summed E-state index contributed by atoms with van der Waals surface area (Å²) < 4.78 is -1.15. The summed E-state index contributed by atoms with van der Waals surface area (Å²) in [6.45, 7) is 13.3. The molecule has 0 aromatic carbocycles. The molecule has 0 aliphatic heterocycles. The van der Waals surface area contributed by atoms with Crippen LogP contribution in [-0.4, -0.2) is 46.9 Å². The molecule has 0 amide bonds. The number of halogens is 2. The van der Waals surface area contributed by atoms with Crippen LogP contribution in [0.15, 0.2) is 0 Å². The van der Waals surface area contributed by atoms with E-state index in [1.54, 1.807) is 0 Å². The zero-order valence-electron chi connectivity index (χ0n) is 18.7. The molecule has 0 unspecified atom stereocenters. The van der Waals surface area contributed by atoms with Crippen molar-refractivity contribution in [3.05, 3.63) is 10.4 Å². The van der Waals surface area contributed by atoms with Gasteiger partial charge in [-0.15, -0.1) is 23.2 Å². The van der Waals surface area contributed by atoms with E-state index < -0.39 is 37.2 Å². The maximum absolute atomic E-state index is 13.6. The minimum Gasteiger partial charge on any atom is -0.567 e. The average Bonchev–Trinajstić information content (AvgIpc) is 2.89. The first-order valence-electron chi connectivity index (χ1n) is 11.1. The van der Waals surface area contributed by atoms with E-state index in [1.165, 1.54) is 0 Å². The molecule has 28 heavy (non-hydrogen) atoms. The Labute approximate surface area is 183 Å². The molecule has 0 aromatic rings. The van der Waals surface area contributed by atoms with Gasteiger partial charge < -0.3 is 10.4 Å². The fourth-order valence-electron chi connectivity index (χ4n) is 5.18. The van der Waals surface area contributed by atoms with Crippen LogP contribution in [-0.2, 0) is 0 Å². The van der Waals surface area contributed by atoms with E-state index in [0.29, 0.717) is 12.8 Å². The summed E-state index contributed by atoms with van der Waals surface area (Å²) in [7, 11) is -3.76. The highest BCUT2D eigenvalue weighted by Gasteiger charge is 2.58. The van der Waals surface area contributed by atoms with Crippen molar-refractivity contribution in [2.45, 2.75) is 125 Å². The van der Waals surface area contributed by atoms with Gasteiger partial charge in [0.05, 0.1) is 16.1 Å². The molecule has 0 heterocycles. The van der Waals surface area contributed by atoms with Gasteiger partial charge in [0, 0.05) is 22.6 Å². The van der Waals surface area contributed by atoms with Gasteiger partial charge in [-0.1, -0.05) is 65.0 Å². The molecule has 2 aliphatic rings. The minimum atomic E-state index is -1.88. The van der Waals surface area contributed by atoms with Crippen LogP contribution in [0.25, 0.3) is 0 Å². The second-order valence-electron chi connectivity index (χ2n) is 11.1. The number of nitrogens with zero attached hydrogens (tertiary/aromatic N) is 2. The van der Waals surface area contributed by atoms with Gasteiger partial charge in [-0.2, -0.15) is 0 Å². The number of rotatable bonds is 4. The number of azo groups is 1. The van der Waals surface area contributed by atoms with Gasteiger partial charge in [-0.25, -0.2) is 0 Å². The normalized spacial score (nSPS) is 37.0. The lowest BCUT2D eigenvalue weighted by Crippen LogP contribution is -2.62. The molecule has 2 fully saturated rings. The molecule has 0 spiro atoms. The van der Waals surface area contributed by atoms with Crippen LogP contribution < -0.4 is 0 Å². The molecule has 2 rings (SSSR count). The molecule has 0 N–H and O–H groups in total. The third-order valence-electron chi connectivity index (χ3n) is 7.31. The highest BCUT2D eigenvalue weighted by atomic mass is 35.5. The molecular formula is C20H40Cl2N2O2Si2. The number of hydroxylamine groups is 2. The van der Waals surface area contributed by atoms with Crippen molar-refractivity contribution >= 4 is 39.3 Å².